The van der Waals surface area contributed by atoms with Crippen molar-refractivity contribution >= 4 is 23.6 Å². The Balaban J connectivity index is 1.71. The number of benzene rings is 2. The fourth-order valence-corrected chi connectivity index (χ4v) is 2.29. The molecular formula is C20H23ClN2O4. The third-order valence-electron chi connectivity index (χ3n) is 3.46. The van der Waals surface area contributed by atoms with Gasteiger partial charge in [0.15, 0.2) is 0 Å². The van der Waals surface area contributed by atoms with Crippen LogP contribution in [0.5, 0.6) is 5.75 Å². The Bertz CT molecular complexity index is 746. The van der Waals surface area contributed by atoms with Crippen LogP contribution in [0.1, 0.15) is 29.8 Å². The van der Waals surface area contributed by atoms with Crippen LogP contribution in [0.15, 0.2) is 48.5 Å². The van der Waals surface area contributed by atoms with Crippen molar-refractivity contribution in [1.29, 1.82) is 0 Å². The van der Waals surface area contributed by atoms with Crippen molar-refractivity contribution < 1.29 is 19.1 Å². The number of urea groups is 1. The molecule has 6 nitrogen and oxygen atoms in total. The van der Waals surface area contributed by atoms with Crippen molar-refractivity contribution in [3.63, 3.8) is 0 Å². The SMILES string of the molecule is CC(C)NC(=O)NCc1ccc(C(=O)OCCOc2ccc(Cl)cc2)cc1. The van der Waals surface area contributed by atoms with Crippen molar-refractivity contribution in [1.82, 2.24) is 10.6 Å². The lowest BCUT2D eigenvalue weighted by Gasteiger charge is -2.10. The summed E-state index contributed by atoms with van der Waals surface area (Å²) in [6.45, 7) is 4.55. The molecule has 0 radical (unpaired) electrons. The largest absolute Gasteiger partial charge is 0.490 e. The van der Waals surface area contributed by atoms with E-state index in [1.54, 1.807) is 48.5 Å². The number of carbonyl (C=O) groups is 2. The van der Waals surface area contributed by atoms with Gasteiger partial charge in [-0.25, -0.2) is 9.59 Å². The highest BCUT2D eigenvalue weighted by molar-refractivity contribution is 6.30. The van der Waals surface area contributed by atoms with Crippen LogP contribution in [0.4, 0.5) is 4.79 Å². The first kappa shape index (κ1) is 20.6. The van der Waals surface area contributed by atoms with E-state index in [4.69, 9.17) is 21.1 Å². The van der Waals surface area contributed by atoms with Crippen molar-refractivity contribution in [3.8, 4) is 5.75 Å². The van der Waals surface area contributed by atoms with Crippen molar-refractivity contribution in [2.75, 3.05) is 13.2 Å². The van der Waals surface area contributed by atoms with Crippen LogP contribution in [0.3, 0.4) is 0 Å². The molecule has 2 rings (SSSR count). The van der Waals surface area contributed by atoms with Gasteiger partial charge in [0.1, 0.15) is 19.0 Å². The van der Waals surface area contributed by atoms with Crippen molar-refractivity contribution in [2.24, 2.45) is 0 Å². The van der Waals surface area contributed by atoms with Gasteiger partial charge < -0.3 is 20.1 Å². The summed E-state index contributed by atoms with van der Waals surface area (Å²) in [6, 6.07) is 13.7. The first-order chi connectivity index (χ1) is 12.9. The molecule has 27 heavy (non-hydrogen) atoms. The lowest BCUT2D eigenvalue weighted by molar-refractivity contribution is 0.0450. The van der Waals surface area contributed by atoms with E-state index in [9.17, 15) is 9.59 Å². The van der Waals surface area contributed by atoms with Crippen molar-refractivity contribution in [2.45, 2.75) is 26.4 Å². The molecule has 144 valence electrons. The Hall–Kier alpha value is -2.73. The molecule has 0 fully saturated rings. The number of nitrogens with one attached hydrogen (secondary N) is 2. The van der Waals surface area contributed by atoms with Gasteiger partial charge in [-0.1, -0.05) is 23.7 Å². The van der Waals surface area contributed by atoms with E-state index in [-0.39, 0.29) is 25.3 Å². The zero-order chi connectivity index (χ0) is 19.6. The summed E-state index contributed by atoms with van der Waals surface area (Å²) < 4.78 is 10.7. The molecule has 2 N–H and O–H groups in total. The third kappa shape index (κ3) is 7.58. The predicted molar refractivity (Wildman–Crippen MR) is 104 cm³/mol. The molecular weight excluding hydrogens is 368 g/mol. The van der Waals surface area contributed by atoms with Gasteiger partial charge in [0.2, 0.25) is 0 Å². The van der Waals surface area contributed by atoms with Gasteiger partial charge >= 0.3 is 12.0 Å². The molecule has 7 heteroatoms. The summed E-state index contributed by atoms with van der Waals surface area (Å²) in [6.07, 6.45) is 0. The topological polar surface area (TPSA) is 76.7 Å². The Morgan fingerprint density at radius 3 is 2.30 bits per heavy atom. The van der Waals surface area contributed by atoms with Gasteiger partial charge in [0.25, 0.3) is 0 Å². The molecule has 0 spiro atoms. The van der Waals surface area contributed by atoms with Crippen LogP contribution < -0.4 is 15.4 Å². The van der Waals surface area contributed by atoms with Gasteiger partial charge in [0.05, 0.1) is 5.56 Å². The maximum Gasteiger partial charge on any atom is 0.338 e. The number of esters is 1. The molecule has 0 atom stereocenters. The van der Waals surface area contributed by atoms with Crippen LogP contribution in [0.2, 0.25) is 5.02 Å². The van der Waals surface area contributed by atoms with Crippen molar-refractivity contribution in [3.05, 3.63) is 64.7 Å². The summed E-state index contributed by atoms with van der Waals surface area (Å²) in [4.78, 5) is 23.6. The molecule has 0 saturated heterocycles. The molecule has 2 amide bonds. The maximum atomic E-state index is 12.0. The number of carbonyl (C=O) groups excluding carboxylic acids is 2. The van der Waals surface area contributed by atoms with E-state index >= 15 is 0 Å². The van der Waals surface area contributed by atoms with Gasteiger partial charge in [-0.2, -0.15) is 0 Å². The molecule has 2 aromatic carbocycles. The second-order valence-electron chi connectivity index (χ2n) is 6.12. The fourth-order valence-electron chi connectivity index (χ4n) is 2.16. The fraction of sp³-hybridized carbons (Fsp3) is 0.300. The number of hydrogen-bond donors (Lipinski definition) is 2. The number of amides is 2. The molecule has 2 aromatic rings. The highest BCUT2D eigenvalue weighted by atomic mass is 35.5. The van der Waals surface area contributed by atoms with E-state index in [1.807, 2.05) is 13.8 Å². The normalized spacial score (nSPS) is 10.4. The molecule has 0 aromatic heterocycles. The van der Waals surface area contributed by atoms with Crippen LogP contribution in [0.25, 0.3) is 0 Å². The molecule has 0 saturated carbocycles. The van der Waals surface area contributed by atoms with Crippen LogP contribution >= 0.6 is 11.6 Å². The lowest BCUT2D eigenvalue weighted by Crippen LogP contribution is -2.39. The van der Waals surface area contributed by atoms with E-state index in [0.717, 1.165) is 5.56 Å². The highest BCUT2D eigenvalue weighted by Gasteiger charge is 2.08. The summed E-state index contributed by atoms with van der Waals surface area (Å²) in [5.41, 5.74) is 1.33. The van der Waals surface area contributed by atoms with E-state index < -0.39 is 5.97 Å². The number of rotatable bonds is 8. The Morgan fingerprint density at radius 2 is 1.67 bits per heavy atom. The van der Waals surface area contributed by atoms with E-state index in [1.165, 1.54) is 0 Å². The first-order valence-corrected chi connectivity index (χ1v) is 9.00. The average molecular weight is 391 g/mol. The summed E-state index contributed by atoms with van der Waals surface area (Å²) in [5, 5.41) is 6.12. The summed E-state index contributed by atoms with van der Waals surface area (Å²) in [7, 11) is 0. The monoisotopic (exact) mass is 390 g/mol. The lowest BCUT2D eigenvalue weighted by atomic mass is 10.1. The van der Waals surface area contributed by atoms with Crippen LogP contribution in [0, 0.1) is 0 Å². The third-order valence-corrected chi connectivity index (χ3v) is 3.71. The van der Waals surface area contributed by atoms with E-state index in [2.05, 4.69) is 10.6 Å². The zero-order valence-electron chi connectivity index (χ0n) is 15.3. The van der Waals surface area contributed by atoms with Gasteiger partial charge in [-0.05, 0) is 55.8 Å². The molecule has 0 unspecified atom stereocenters. The van der Waals surface area contributed by atoms with Gasteiger partial charge in [-0.15, -0.1) is 0 Å². The summed E-state index contributed by atoms with van der Waals surface area (Å²) in [5.74, 6) is 0.237. The minimum absolute atomic E-state index is 0.0748. The second-order valence-corrected chi connectivity index (χ2v) is 6.55. The van der Waals surface area contributed by atoms with Crippen LogP contribution in [-0.2, 0) is 11.3 Å². The molecule has 0 aliphatic carbocycles. The van der Waals surface area contributed by atoms with Gasteiger partial charge in [0, 0.05) is 17.6 Å². The number of halogens is 1. The maximum absolute atomic E-state index is 12.0. The first-order valence-electron chi connectivity index (χ1n) is 8.63. The summed E-state index contributed by atoms with van der Waals surface area (Å²) >= 11 is 5.80. The minimum Gasteiger partial charge on any atom is -0.490 e. The quantitative estimate of drug-likeness (QED) is 0.531. The van der Waals surface area contributed by atoms with E-state index in [0.29, 0.717) is 22.9 Å². The number of hydrogen-bond acceptors (Lipinski definition) is 4. The minimum atomic E-state index is -0.424. The highest BCUT2D eigenvalue weighted by Crippen LogP contribution is 2.15. The Labute approximate surface area is 163 Å². The zero-order valence-corrected chi connectivity index (χ0v) is 16.1. The molecule has 0 aliphatic rings. The van der Waals surface area contributed by atoms with Gasteiger partial charge in [-0.3, -0.25) is 0 Å². The Kier molecular flexibility index (Phi) is 7.95. The van der Waals surface area contributed by atoms with Crippen LogP contribution in [-0.4, -0.2) is 31.3 Å². The second kappa shape index (κ2) is 10.4. The predicted octanol–water partition coefficient (Wildman–Crippen LogP) is 3.78. The molecule has 0 bridgehead atoms. The smallest absolute Gasteiger partial charge is 0.338 e. The molecule has 0 aliphatic heterocycles. The average Bonchev–Trinajstić information content (AvgIpc) is 2.64. The number of ether oxygens (including phenoxy) is 2. The molecule has 0 heterocycles. The Morgan fingerprint density at radius 1 is 1.00 bits per heavy atom. The standard InChI is InChI=1S/C20H23ClN2O4/c1-14(2)23-20(25)22-13-15-3-5-16(6-4-15)19(24)27-12-11-26-18-9-7-17(21)8-10-18/h3-10,14H,11-13H2,1-2H3,(H2,22,23,25).